The van der Waals surface area contributed by atoms with Gasteiger partial charge < -0.3 is 9.64 Å². The zero-order chi connectivity index (χ0) is 23.7. The number of nitrogens with zero attached hydrogens (tertiary/aromatic N) is 4. The van der Waals surface area contributed by atoms with Gasteiger partial charge in [-0.05, 0) is 29.4 Å². The van der Waals surface area contributed by atoms with E-state index >= 15 is 0 Å². The Bertz CT molecular complexity index is 1140. The molecule has 3 aliphatic heterocycles. The molecule has 1 saturated heterocycles. The number of carbonyl (C=O) groups excluding carboxylic acids is 1. The fourth-order valence-electron chi connectivity index (χ4n) is 4.56. The number of rotatable bonds is 4. The maximum Gasteiger partial charge on any atom is 0.209 e. The van der Waals surface area contributed by atoms with Gasteiger partial charge in [0.15, 0.2) is 11.6 Å². The van der Waals surface area contributed by atoms with Crippen molar-refractivity contribution in [2.75, 3.05) is 19.6 Å². The first-order valence-corrected chi connectivity index (χ1v) is 12.1. The van der Waals surface area contributed by atoms with Crippen LogP contribution >= 0.6 is 0 Å². The van der Waals surface area contributed by atoms with Gasteiger partial charge in [0.25, 0.3) is 0 Å². The molecule has 3 aliphatic rings. The Morgan fingerprint density at radius 2 is 1.68 bits per heavy atom. The van der Waals surface area contributed by atoms with Crippen molar-refractivity contribution in [1.29, 1.82) is 0 Å². The molecule has 3 heterocycles. The molecule has 6 heteroatoms. The van der Waals surface area contributed by atoms with Crippen LogP contribution in [0.15, 0.2) is 76.5 Å². The number of aliphatic imine (C=N–C) groups is 2. The van der Waals surface area contributed by atoms with Gasteiger partial charge in [-0.15, -0.1) is 0 Å². The van der Waals surface area contributed by atoms with Crippen molar-refractivity contribution in [1.82, 2.24) is 9.80 Å². The van der Waals surface area contributed by atoms with Gasteiger partial charge in [-0.25, -0.2) is 4.99 Å². The largest absolute Gasteiger partial charge is 0.373 e. The van der Waals surface area contributed by atoms with Crippen LogP contribution < -0.4 is 0 Å². The van der Waals surface area contributed by atoms with Gasteiger partial charge in [0.1, 0.15) is 5.82 Å². The minimum absolute atomic E-state index is 0.0665. The molecule has 2 aromatic rings. The van der Waals surface area contributed by atoms with E-state index in [1.807, 2.05) is 23.1 Å². The number of amidine groups is 1. The highest BCUT2D eigenvalue weighted by atomic mass is 16.5. The molecule has 0 amide bonds. The summed E-state index contributed by atoms with van der Waals surface area (Å²) in [6.45, 7) is 9.24. The topological polar surface area (TPSA) is 57.5 Å². The van der Waals surface area contributed by atoms with Gasteiger partial charge in [0.2, 0.25) is 5.96 Å². The first-order chi connectivity index (χ1) is 16.4. The fourth-order valence-corrected chi connectivity index (χ4v) is 4.56. The number of hydrogen-bond acceptors (Lipinski definition) is 6. The average molecular weight is 457 g/mol. The van der Waals surface area contributed by atoms with Crippen LogP contribution in [-0.2, 0) is 21.6 Å². The van der Waals surface area contributed by atoms with Crippen LogP contribution in [0.1, 0.15) is 50.3 Å². The molecule has 0 N–H and O–H groups in total. The number of benzene rings is 2. The molecule has 1 fully saturated rings. The average Bonchev–Trinajstić information content (AvgIpc) is 3.23. The van der Waals surface area contributed by atoms with Crippen LogP contribution in [0.2, 0.25) is 0 Å². The van der Waals surface area contributed by atoms with Crippen LogP contribution in [0, 0.1) is 0 Å². The Hall–Kier alpha value is -3.25. The third-order valence-corrected chi connectivity index (χ3v) is 6.61. The van der Waals surface area contributed by atoms with Gasteiger partial charge in [-0.3, -0.25) is 9.69 Å². The fraction of sp³-hybridized carbons (Fsp3) is 0.393. The minimum Gasteiger partial charge on any atom is -0.373 e. The summed E-state index contributed by atoms with van der Waals surface area (Å²) in [5, 5.41) is 0. The molecule has 0 bridgehead atoms. The maximum atomic E-state index is 12.2. The molecule has 0 saturated carbocycles. The van der Waals surface area contributed by atoms with E-state index in [2.05, 4.69) is 62.1 Å². The Balaban J connectivity index is 1.31. The molecule has 34 heavy (non-hydrogen) atoms. The number of hydrogen-bond donors (Lipinski definition) is 0. The van der Waals surface area contributed by atoms with Crippen LogP contribution in [0.25, 0.3) is 0 Å². The second-order valence-corrected chi connectivity index (χ2v) is 10.2. The molecular weight excluding hydrogens is 424 g/mol. The molecular formula is C28H32N4O2. The summed E-state index contributed by atoms with van der Waals surface area (Å²) >= 11 is 0. The van der Waals surface area contributed by atoms with E-state index in [4.69, 9.17) is 14.7 Å². The Morgan fingerprint density at radius 3 is 2.35 bits per heavy atom. The summed E-state index contributed by atoms with van der Waals surface area (Å²) in [6.07, 6.45) is 3.72. The number of carbonyl (C=O) groups is 1. The van der Waals surface area contributed by atoms with E-state index in [9.17, 15) is 4.79 Å². The number of piperidine rings is 1. The van der Waals surface area contributed by atoms with Crippen molar-refractivity contribution in [2.45, 2.75) is 51.7 Å². The zero-order valence-corrected chi connectivity index (χ0v) is 20.2. The van der Waals surface area contributed by atoms with Crippen LogP contribution in [0.4, 0.5) is 0 Å². The number of ketones is 1. The summed E-state index contributed by atoms with van der Waals surface area (Å²) in [5.41, 5.74) is 3.52. The summed E-state index contributed by atoms with van der Waals surface area (Å²) in [5.74, 6) is 2.24. The molecule has 0 atom stereocenters. The van der Waals surface area contributed by atoms with Gasteiger partial charge in [0, 0.05) is 24.7 Å². The lowest BCUT2D eigenvalue weighted by Gasteiger charge is -2.38. The van der Waals surface area contributed by atoms with E-state index < -0.39 is 0 Å². The second-order valence-electron chi connectivity index (χ2n) is 10.2. The predicted molar refractivity (Wildman–Crippen MR) is 135 cm³/mol. The minimum atomic E-state index is 0.0665. The normalized spacial score (nSPS) is 19.0. The molecule has 6 nitrogen and oxygen atoms in total. The highest BCUT2D eigenvalue weighted by Gasteiger charge is 2.34. The van der Waals surface area contributed by atoms with Gasteiger partial charge in [0.05, 0.1) is 19.3 Å². The third-order valence-electron chi connectivity index (χ3n) is 6.61. The molecule has 0 radical (unpaired) electrons. The molecule has 176 valence electrons. The van der Waals surface area contributed by atoms with Crippen molar-refractivity contribution in [3.8, 4) is 0 Å². The number of fused-ring (bicyclic) bond motifs is 1. The summed E-state index contributed by atoms with van der Waals surface area (Å²) in [6, 6.07) is 18.7. The lowest BCUT2D eigenvalue weighted by Crippen LogP contribution is -2.49. The van der Waals surface area contributed by atoms with Gasteiger partial charge in [-0.2, -0.15) is 4.99 Å². The van der Waals surface area contributed by atoms with Crippen molar-refractivity contribution >= 4 is 17.6 Å². The second kappa shape index (κ2) is 9.18. The molecule has 0 spiro atoms. The Kier molecular flexibility index (Phi) is 6.09. The van der Waals surface area contributed by atoms with Crippen molar-refractivity contribution in [2.24, 2.45) is 9.98 Å². The standard InChI is InChI=1S/C28H32N4O2/c1-28(2,3)22-11-9-21(10-12-22)26-29-25-17-23(33)18-32(25)27(30-26)31-15-13-24(14-16-31)34-19-20-7-5-4-6-8-20/h4-12,17,24H,13-16,18-19H2,1-3H3. The third kappa shape index (κ3) is 4.82. The summed E-state index contributed by atoms with van der Waals surface area (Å²) in [4.78, 5) is 26.1. The van der Waals surface area contributed by atoms with Crippen LogP contribution in [-0.4, -0.2) is 53.1 Å². The molecule has 5 rings (SSSR count). The molecule has 0 unspecified atom stereocenters. The number of likely N-dealkylation sites (tertiary alicyclic amines) is 1. The predicted octanol–water partition coefficient (Wildman–Crippen LogP) is 4.51. The molecule has 0 aromatic heterocycles. The number of guanidine groups is 1. The van der Waals surface area contributed by atoms with Crippen LogP contribution in [0.5, 0.6) is 0 Å². The first-order valence-electron chi connectivity index (χ1n) is 12.1. The van der Waals surface area contributed by atoms with Crippen LogP contribution in [0.3, 0.4) is 0 Å². The van der Waals surface area contributed by atoms with Gasteiger partial charge in [-0.1, -0.05) is 75.4 Å². The van der Waals surface area contributed by atoms with Crippen molar-refractivity contribution in [3.63, 3.8) is 0 Å². The highest BCUT2D eigenvalue weighted by Crippen LogP contribution is 2.27. The Labute approximate surface area is 201 Å². The van der Waals surface area contributed by atoms with Crippen molar-refractivity contribution < 1.29 is 9.53 Å². The summed E-state index contributed by atoms with van der Waals surface area (Å²) < 4.78 is 6.17. The van der Waals surface area contributed by atoms with Crippen molar-refractivity contribution in [3.05, 3.63) is 83.2 Å². The van der Waals surface area contributed by atoms with E-state index in [1.54, 1.807) is 6.08 Å². The zero-order valence-electron chi connectivity index (χ0n) is 20.2. The number of ether oxygens (including phenoxy) is 1. The smallest absolute Gasteiger partial charge is 0.209 e. The monoisotopic (exact) mass is 456 g/mol. The SMILES string of the molecule is CC(C)(C)c1ccc(C2=NC3=CC(=O)CN3C(N3CCC(OCc4ccccc4)CC3)=N2)cc1. The summed E-state index contributed by atoms with van der Waals surface area (Å²) in [7, 11) is 0. The van der Waals surface area contributed by atoms with E-state index in [-0.39, 0.29) is 17.3 Å². The lowest BCUT2D eigenvalue weighted by atomic mass is 9.86. The quantitative estimate of drug-likeness (QED) is 0.679. The first kappa shape index (κ1) is 22.5. The Morgan fingerprint density at radius 1 is 0.971 bits per heavy atom. The van der Waals surface area contributed by atoms with E-state index in [0.29, 0.717) is 24.8 Å². The molecule has 2 aromatic carbocycles. The van der Waals surface area contributed by atoms with E-state index in [1.165, 1.54) is 11.1 Å². The highest BCUT2D eigenvalue weighted by molar-refractivity contribution is 6.11. The van der Waals surface area contributed by atoms with Gasteiger partial charge >= 0.3 is 0 Å². The lowest BCUT2D eigenvalue weighted by molar-refractivity contribution is -0.113. The van der Waals surface area contributed by atoms with E-state index in [0.717, 1.165) is 37.5 Å². The maximum absolute atomic E-state index is 12.2. The molecule has 0 aliphatic carbocycles.